The first-order valence-electron chi connectivity index (χ1n) is 10.2. The van der Waals surface area contributed by atoms with Crippen molar-refractivity contribution in [3.8, 4) is 5.69 Å². The normalized spacial score (nSPS) is 17.2. The summed E-state index contributed by atoms with van der Waals surface area (Å²) in [4.78, 5) is 15.0. The number of amides is 1. The topological polar surface area (TPSA) is 101 Å². The minimum absolute atomic E-state index is 0.0698. The lowest BCUT2D eigenvalue weighted by Crippen LogP contribution is -2.48. The minimum atomic E-state index is -3.70. The average Bonchev–Trinajstić information content (AvgIpc) is 3.46. The summed E-state index contributed by atoms with van der Waals surface area (Å²) in [6.45, 7) is 4.45. The highest BCUT2D eigenvalue weighted by atomic mass is 32.2. The monoisotopic (exact) mass is 472 g/mol. The zero-order chi connectivity index (χ0) is 22.7. The molecule has 1 saturated heterocycles. The van der Waals surface area contributed by atoms with Gasteiger partial charge in [-0.25, -0.2) is 8.42 Å². The van der Waals surface area contributed by atoms with Crippen LogP contribution < -0.4 is 0 Å². The first-order valence-corrected chi connectivity index (χ1v) is 12.6. The second kappa shape index (κ2) is 9.39. The lowest BCUT2D eigenvalue weighted by atomic mass is 10.1. The molecule has 1 atom stereocenters. The van der Waals surface area contributed by atoms with Gasteiger partial charge in [0.15, 0.2) is 0 Å². The second-order valence-electron chi connectivity index (χ2n) is 7.67. The number of aromatic nitrogens is 4. The molecule has 0 saturated carbocycles. The van der Waals surface area contributed by atoms with E-state index in [-0.39, 0.29) is 29.0 Å². The summed E-state index contributed by atoms with van der Waals surface area (Å²) in [6, 6.07) is 17.8. The average molecular weight is 473 g/mol. The van der Waals surface area contributed by atoms with E-state index in [0.29, 0.717) is 11.7 Å². The van der Waals surface area contributed by atoms with Gasteiger partial charge in [-0.15, -0.1) is 5.10 Å². The Kier molecular flexibility index (Phi) is 6.58. The van der Waals surface area contributed by atoms with Crippen LogP contribution in [0, 0.1) is 5.92 Å². The fraction of sp³-hybridized carbons (Fsp3) is 0.333. The number of para-hydroxylation sites is 1. The highest BCUT2D eigenvalue weighted by Crippen LogP contribution is 2.29. The molecule has 32 heavy (non-hydrogen) atoms. The number of nitrogens with zero attached hydrogens (tertiary/aromatic N) is 6. The second-order valence-corrected chi connectivity index (χ2v) is 10.5. The molecule has 0 bridgehead atoms. The van der Waals surface area contributed by atoms with Gasteiger partial charge in [-0.1, -0.05) is 62.0 Å². The predicted octanol–water partition coefficient (Wildman–Crippen LogP) is 2.27. The molecule has 9 nitrogen and oxygen atoms in total. The van der Waals surface area contributed by atoms with E-state index in [9.17, 15) is 13.2 Å². The van der Waals surface area contributed by atoms with Gasteiger partial charge in [0.05, 0.1) is 16.3 Å². The van der Waals surface area contributed by atoms with Gasteiger partial charge in [0.25, 0.3) is 0 Å². The largest absolute Gasteiger partial charge is 0.324 e. The standard InChI is InChI=1S/C21H24N6O3S2/c1-16(2)20-25(13-14-26(20)32(29,30)18-11-7-4-8-12-18)19(28)15-31-21-22-23-24-27(21)17-9-5-3-6-10-17/h3-12,16,20H,13-15H2,1-2H3/t20-/m1/s1. The Morgan fingerprint density at radius 1 is 1.06 bits per heavy atom. The van der Waals surface area contributed by atoms with Crippen molar-refractivity contribution in [2.45, 2.75) is 30.1 Å². The fourth-order valence-electron chi connectivity index (χ4n) is 3.79. The van der Waals surface area contributed by atoms with Crippen molar-refractivity contribution in [1.82, 2.24) is 29.4 Å². The number of thioether (sulfide) groups is 1. The Labute approximate surface area is 191 Å². The molecule has 0 N–H and O–H groups in total. The van der Waals surface area contributed by atoms with Gasteiger partial charge in [-0.05, 0) is 40.6 Å². The van der Waals surface area contributed by atoms with Crippen LogP contribution in [0.3, 0.4) is 0 Å². The lowest BCUT2D eigenvalue weighted by molar-refractivity contribution is -0.130. The van der Waals surface area contributed by atoms with Crippen LogP contribution in [0.1, 0.15) is 13.8 Å². The predicted molar refractivity (Wildman–Crippen MR) is 121 cm³/mol. The minimum Gasteiger partial charge on any atom is -0.324 e. The van der Waals surface area contributed by atoms with E-state index in [1.807, 2.05) is 44.2 Å². The fourth-order valence-corrected chi connectivity index (χ4v) is 6.30. The number of tetrazole rings is 1. The van der Waals surface area contributed by atoms with Crippen molar-refractivity contribution in [2.24, 2.45) is 5.92 Å². The SMILES string of the molecule is CC(C)[C@@H]1N(C(=O)CSc2nnnn2-c2ccccc2)CCN1S(=O)(=O)c1ccccc1. The summed E-state index contributed by atoms with van der Waals surface area (Å²) in [5, 5.41) is 12.3. The molecule has 4 rings (SSSR count). The van der Waals surface area contributed by atoms with E-state index in [1.165, 1.54) is 16.1 Å². The van der Waals surface area contributed by atoms with Gasteiger partial charge in [0.2, 0.25) is 21.1 Å². The molecule has 0 unspecified atom stereocenters. The number of carbonyl (C=O) groups is 1. The molecular weight excluding hydrogens is 448 g/mol. The van der Waals surface area contributed by atoms with Crippen molar-refractivity contribution >= 4 is 27.7 Å². The molecule has 0 radical (unpaired) electrons. The molecule has 168 valence electrons. The molecule has 11 heteroatoms. The zero-order valence-corrected chi connectivity index (χ0v) is 19.4. The van der Waals surface area contributed by atoms with Crippen molar-refractivity contribution in [3.63, 3.8) is 0 Å². The van der Waals surface area contributed by atoms with Crippen molar-refractivity contribution in [2.75, 3.05) is 18.8 Å². The number of benzene rings is 2. The van der Waals surface area contributed by atoms with E-state index in [2.05, 4.69) is 15.5 Å². The van der Waals surface area contributed by atoms with E-state index < -0.39 is 16.2 Å². The Morgan fingerprint density at radius 3 is 2.38 bits per heavy atom. The first-order chi connectivity index (χ1) is 15.4. The maximum Gasteiger partial charge on any atom is 0.244 e. The number of sulfonamides is 1. The maximum absolute atomic E-state index is 13.2. The summed E-state index contributed by atoms with van der Waals surface area (Å²) in [6.07, 6.45) is -0.543. The Balaban J connectivity index is 1.50. The highest BCUT2D eigenvalue weighted by molar-refractivity contribution is 7.99. The molecule has 0 spiro atoms. The zero-order valence-electron chi connectivity index (χ0n) is 17.8. The molecule has 3 aromatic rings. The third-order valence-corrected chi connectivity index (χ3v) is 8.00. The Morgan fingerprint density at radius 2 is 1.72 bits per heavy atom. The van der Waals surface area contributed by atoms with E-state index in [0.717, 1.165) is 5.69 Å². The third kappa shape index (κ3) is 4.41. The Hall–Kier alpha value is -2.76. The van der Waals surface area contributed by atoms with Gasteiger partial charge in [0, 0.05) is 13.1 Å². The third-order valence-electron chi connectivity index (χ3n) is 5.21. The number of hydrogen-bond donors (Lipinski definition) is 0. The molecular formula is C21H24N6O3S2. The van der Waals surface area contributed by atoms with Crippen LogP contribution in [0.4, 0.5) is 0 Å². The smallest absolute Gasteiger partial charge is 0.244 e. The van der Waals surface area contributed by atoms with E-state index >= 15 is 0 Å². The molecule has 0 aliphatic carbocycles. The van der Waals surface area contributed by atoms with Gasteiger partial charge < -0.3 is 4.90 Å². The Bertz CT molecular complexity index is 1170. The van der Waals surface area contributed by atoms with Gasteiger partial charge in [0.1, 0.15) is 6.17 Å². The molecule has 1 aromatic heterocycles. The van der Waals surface area contributed by atoms with Crippen molar-refractivity contribution in [3.05, 3.63) is 60.7 Å². The summed E-state index contributed by atoms with van der Waals surface area (Å²) >= 11 is 1.23. The van der Waals surface area contributed by atoms with Crippen LogP contribution in [0.2, 0.25) is 0 Å². The molecule has 1 aliphatic rings. The highest BCUT2D eigenvalue weighted by Gasteiger charge is 2.43. The maximum atomic E-state index is 13.2. The van der Waals surface area contributed by atoms with E-state index in [1.54, 1.807) is 39.9 Å². The van der Waals surface area contributed by atoms with Gasteiger partial charge in [-0.2, -0.15) is 8.99 Å². The number of rotatable bonds is 7. The first kappa shape index (κ1) is 22.4. The molecule has 1 fully saturated rings. The summed E-state index contributed by atoms with van der Waals surface area (Å²) < 4.78 is 29.4. The summed E-state index contributed by atoms with van der Waals surface area (Å²) in [7, 11) is -3.70. The van der Waals surface area contributed by atoms with Crippen LogP contribution in [0.25, 0.3) is 5.69 Å². The van der Waals surface area contributed by atoms with Crippen LogP contribution >= 0.6 is 11.8 Å². The van der Waals surface area contributed by atoms with Crippen LogP contribution in [-0.2, 0) is 14.8 Å². The van der Waals surface area contributed by atoms with Crippen molar-refractivity contribution in [1.29, 1.82) is 0 Å². The number of carbonyl (C=O) groups excluding carboxylic acids is 1. The van der Waals surface area contributed by atoms with Crippen molar-refractivity contribution < 1.29 is 13.2 Å². The quantitative estimate of drug-likeness (QED) is 0.486. The van der Waals surface area contributed by atoms with Crippen LogP contribution in [0.15, 0.2) is 70.7 Å². The molecule has 2 heterocycles. The molecule has 1 aliphatic heterocycles. The number of hydrogen-bond acceptors (Lipinski definition) is 7. The van der Waals surface area contributed by atoms with Gasteiger partial charge in [-0.3, -0.25) is 4.79 Å². The van der Waals surface area contributed by atoms with Gasteiger partial charge >= 0.3 is 0 Å². The molecule has 1 amide bonds. The summed E-state index contributed by atoms with van der Waals surface area (Å²) in [5.74, 6) is -0.114. The van der Waals surface area contributed by atoms with Crippen LogP contribution in [-0.4, -0.2) is 68.7 Å². The van der Waals surface area contributed by atoms with Crippen LogP contribution in [0.5, 0.6) is 0 Å². The lowest BCUT2D eigenvalue weighted by Gasteiger charge is -2.32. The summed E-state index contributed by atoms with van der Waals surface area (Å²) in [5.41, 5.74) is 0.800. The molecule has 2 aromatic carbocycles. The van der Waals surface area contributed by atoms with E-state index in [4.69, 9.17) is 0 Å².